The van der Waals surface area contributed by atoms with Crippen molar-refractivity contribution in [1.82, 2.24) is 9.29 Å². The first-order valence-corrected chi connectivity index (χ1v) is 8.64. The van der Waals surface area contributed by atoms with E-state index in [0.29, 0.717) is 16.4 Å². The van der Waals surface area contributed by atoms with Gasteiger partial charge in [-0.15, -0.1) is 11.3 Å². The summed E-state index contributed by atoms with van der Waals surface area (Å²) < 4.78 is 27.3. The number of anilines is 1. The molecule has 7 heteroatoms. The van der Waals surface area contributed by atoms with Crippen LogP contribution in [-0.4, -0.2) is 23.7 Å². The maximum atomic E-state index is 12.7. The van der Waals surface area contributed by atoms with Crippen LogP contribution in [0.3, 0.4) is 0 Å². The fourth-order valence-electron chi connectivity index (χ4n) is 2.02. The Morgan fingerprint density at radius 3 is 2.60 bits per heavy atom. The smallest absolute Gasteiger partial charge is 0.253 e. The lowest BCUT2D eigenvalue weighted by Crippen LogP contribution is -2.32. The Labute approximate surface area is 122 Å². The zero-order valence-electron chi connectivity index (χ0n) is 10.8. The molecule has 0 spiro atoms. The summed E-state index contributed by atoms with van der Waals surface area (Å²) in [7, 11) is -3.46. The number of aromatic nitrogens is 1. The molecule has 0 amide bonds. The lowest BCUT2D eigenvalue weighted by atomic mass is 10.3. The maximum absolute atomic E-state index is 12.7. The average molecular weight is 309 g/mol. The summed E-state index contributed by atoms with van der Waals surface area (Å²) in [6, 6.07) is 5.32. The molecule has 5 nitrogen and oxygen atoms in total. The number of nitrogens with two attached hydrogens (primary N) is 1. The lowest BCUT2D eigenvalue weighted by molar-refractivity contribution is 0.400. The van der Waals surface area contributed by atoms with E-state index >= 15 is 0 Å². The minimum absolute atomic E-state index is 0.108. The standard InChI is InChI=1S/C13H15N3O2S2/c14-11-7-13(19-9-11)20(17,18)16(12-1-2-12)8-10-3-5-15-6-4-10/h3-7,9,12H,1-2,8,14H2. The molecule has 0 aromatic carbocycles. The van der Waals surface area contributed by atoms with Crippen molar-refractivity contribution < 1.29 is 8.42 Å². The highest BCUT2D eigenvalue weighted by atomic mass is 32.2. The van der Waals surface area contributed by atoms with E-state index < -0.39 is 10.0 Å². The largest absolute Gasteiger partial charge is 0.398 e. The summed E-state index contributed by atoms with van der Waals surface area (Å²) in [5, 5.41) is 1.66. The van der Waals surface area contributed by atoms with Crippen molar-refractivity contribution in [3.63, 3.8) is 0 Å². The Hall–Kier alpha value is -1.44. The van der Waals surface area contributed by atoms with Gasteiger partial charge in [0, 0.05) is 36.0 Å². The van der Waals surface area contributed by atoms with Gasteiger partial charge in [0.2, 0.25) is 0 Å². The second-order valence-electron chi connectivity index (χ2n) is 4.84. The number of rotatable bonds is 5. The molecule has 0 unspecified atom stereocenters. The van der Waals surface area contributed by atoms with Crippen molar-refractivity contribution in [2.45, 2.75) is 29.6 Å². The van der Waals surface area contributed by atoms with Crippen LogP contribution in [0.5, 0.6) is 0 Å². The van der Waals surface area contributed by atoms with E-state index in [1.165, 1.54) is 17.4 Å². The van der Waals surface area contributed by atoms with E-state index in [0.717, 1.165) is 18.4 Å². The number of nitrogen functional groups attached to an aromatic ring is 1. The van der Waals surface area contributed by atoms with Gasteiger partial charge < -0.3 is 5.73 Å². The number of nitrogens with zero attached hydrogens (tertiary/aromatic N) is 2. The average Bonchev–Trinajstić information content (AvgIpc) is 3.17. The normalized spacial score (nSPS) is 15.7. The highest BCUT2D eigenvalue weighted by Gasteiger charge is 2.38. The van der Waals surface area contributed by atoms with E-state index in [1.807, 2.05) is 12.1 Å². The molecule has 0 atom stereocenters. The second-order valence-corrected chi connectivity index (χ2v) is 7.86. The maximum Gasteiger partial charge on any atom is 0.253 e. The van der Waals surface area contributed by atoms with Gasteiger partial charge in [-0.3, -0.25) is 4.98 Å². The number of hydrogen-bond donors (Lipinski definition) is 1. The Morgan fingerprint density at radius 2 is 2.05 bits per heavy atom. The molecule has 0 bridgehead atoms. The van der Waals surface area contributed by atoms with Gasteiger partial charge >= 0.3 is 0 Å². The predicted octanol–water partition coefficient (Wildman–Crippen LogP) is 2.08. The molecule has 20 heavy (non-hydrogen) atoms. The van der Waals surface area contributed by atoms with Crippen LogP contribution in [0, 0.1) is 0 Å². The van der Waals surface area contributed by atoms with Gasteiger partial charge in [0.25, 0.3) is 10.0 Å². The Kier molecular flexibility index (Phi) is 3.49. The fourth-order valence-corrected chi connectivity index (χ4v) is 4.90. The van der Waals surface area contributed by atoms with Gasteiger partial charge in [-0.25, -0.2) is 8.42 Å². The molecule has 2 aromatic rings. The topological polar surface area (TPSA) is 76.3 Å². The van der Waals surface area contributed by atoms with Crippen LogP contribution in [0.2, 0.25) is 0 Å². The van der Waals surface area contributed by atoms with Crippen LogP contribution in [0.4, 0.5) is 5.69 Å². The van der Waals surface area contributed by atoms with E-state index in [2.05, 4.69) is 4.98 Å². The Bertz CT molecular complexity index is 693. The lowest BCUT2D eigenvalue weighted by Gasteiger charge is -2.21. The Balaban J connectivity index is 1.91. The van der Waals surface area contributed by atoms with Crippen LogP contribution >= 0.6 is 11.3 Å². The molecule has 2 heterocycles. The molecule has 3 rings (SSSR count). The van der Waals surface area contributed by atoms with Gasteiger partial charge in [0.05, 0.1) is 0 Å². The first-order chi connectivity index (χ1) is 9.57. The van der Waals surface area contributed by atoms with Crippen LogP contribution in [0.25, 0.3) is 0 Å². The zero-order valence-corrected chi connectivity index (χ0v) is 12.4. The van der Waals surface area contributed by atoms with Gasteiger partial charge in [-0.05, 0) is 36.6 Å². The Morgan fingerprint density at radius 1 is 1.35 bits per heavy atom. The van der Waals surface area contributed by atoms with E-state index in [4.69, 9.17) is 5.73 Å². The molecule has 2 N–H and O–H groups in total. The third-order valence-corrected chi connectivity index (χ3v) is 6.53. The van der Waals surface area contributed by atoms with Crippen molar-refractivity contribution >= 4 is 27.0 Å². The summed E-state index contributed by atoms with van der Waals surface area (Å²) in [5.41, 5.74) is 7.08. The monoisotopic (exact) mass is 309 g/mol. The fraction of sp³-hybridized carbons (Fsp3) is 0.308. The summed E-state index contributed by atoms with van der Waals surface area (Å²) in [6.45, 7) is 0.382. The summed E-state index contributed by atoms with van der Waals surface area (Å²) in [6.07, 6.45) is 5.20. The van der Waals surface area contributed by atoms with Gasteiger partial charge in [0.1, 0.15) is 4.21 Å². The SMILES string of the molecule is Nc1csc(S(=O)(=O)N(Cc2ccncc2)C2CC2)c1. The molecule has 1 fully saturated rings. The van der Waals surface area contributed by atoms with E-state index in [9.17, 15) is 8.42 Å². The molecule has 106 valence electrons. The number of pyridine rings is 1. The third-order valence-electron chi connectivity index (χ3n) is 3.20. The minimum atomic E-state index is -3.46. The van der Waals surface area contributed by atoms with E-state index in [1.54, 1.807) is 22.1 Å². The zero-order chi connectivity index (χ0) is 14.2. The molecule has 0 radical (unpaired) electrons. The number of sulfonamides is 1. The number of thiophene rings is 1. The minimum Gasteiger partial charge on any atom is -0.398 e. The summed E-state index contributed by atoms with van der Waals surface area (Å²) in [5.74, 6) is 0. The van der Waals surface area contributed by atoms with Crippen molar-refractivity contribution in [2.75, 3.05) is 5.73 Å². The number of hydrogen-bond acceptors (Lipinski definition) is 5. The molecular formula is C13H15N3O2S2. The van der Waals surface area contributed by atoms with E-state index in [-0.39, 0.29) is 6.04 Å². The van der Waals surface area contributed by atoms with Crippen LogP contribution in [0.15, 0.2) is 40.2 Å². The van der Waals surface area contributed by atoms with Crippen molar-refractivity contribution in [3.05, 3.63) is 41.5 Å². The third kappa shape index (κ3) is 2.70. The van der Waals surface area contributed by atoms with Gasteiger partial charge in [-0.1, -0.05) is 0 Å². The highest BCUT2D eigenvalue weighted by molar-refractivity contribution is 7.91. The van der Waals surface area contributed by atoms with Crippen molar-refractivity contribution in [1.29, 1.82) is 0 Å². The molecule has 0 saturated heterocycles. The van der Waals surface area contributed by atoms with Gasteiger partial charge in [-0.2, -0.15) is 4.31 Å². The quantitative estimate of drug-likeness (QED) is 0.917. The first-order valence-electron chi connectivity index (χ1n) is 6.32. The summed E-state index contributed by atoms with van der Waals surface area (Å²) >= 11 is 1.17. The second kappa shape index (κ2) is 5.16. The molecule has 1 aliphatic rings. The van der Waals surface area contributed by atoms with Crippen molar-refractivity contribution in [3.8, 4) is 0 Å². The first kappa shape index (κ1) is 13.5. The highest BCUT2D eigenvalue weighted by Crippen LogP contribution is 2.35. The van der Waals surface area contributed by atoms with Crippen LogP contribution < -0.4 is 5.73 Å². The molecule has 1 aliphatic carbocycles. The van der Waals surface area contributed by atoms with Gasteiger partial charge in [0.15, 0.2) is 0 Å². The van der Waals surface area contributed by atoms with Crippen molar-refractivity contribution in [2.24, 2.45) is 0 Å². The van der Waals surface area contributed by atoms with Crippen LogP contribution in [-0.2, 0) is 16.6 Å². The molecule has 2 aromatic heterocycles. The predicted molar refractivity (Wildman–Crippen MR) is 78.7 cm³/mol. The summed E-state index contributed by atoms with van der Waals surface area (Å²) in [4.78, 5) is 3.95. The molecular weight excluding hydrogens is 294 g/mol. The molecule has 1 saturated carbocycles. The molecule has 0 aliphatic heterocycles. The van der Waals surface area contributed by atoms with Crippen LogP contribution in [0.1, 0.15) is 18.4 Å².